The topological polar surface area (TPSA) is 50.4 Å². The normalized spacial score (nSPS) is 11.5. The van der Waals surface area contributed by atoms with Gasteiger partial charge in [-0.3, -0.25) is 4.99 Å². The molecule has 70 valence electrons. The molecular formula is C8H9Cl2N3. The van der Waals surface area contributed by atoms with E-state index in [1.54, 1.807) is 25.2 Å². The van der Waals surface area contributed by atoms with E-state index in [1.165, 1.54) is 0 Å². The Bertz CT molecular complexity index is 336. The molecule has 0 aliphatic carbocycles. The van der Waals surface area contributed by atoms with E-state index in [-0.39, 0.29) is 0 Å². The zero-order chi connectivity index (χ0) is 9.84. The van der Waals surface area contributed by atoms with Gasteiger partial charge in [-0.1, -0.05) is 23.2 Å². The molecule has 0 bridgehead atoms. The summed E-state index contributed by atoms with van der Waals surface area (Å²) in [6.07, 6.45) is 0. The summed E-state index contributed by atoms with van der Waals surface area (Å²) < 4.78 is 0. The summed E-state index contributed by atoms with van der Waals surface area (Å²) in [5, 5.41) is 0.994. The number of nitrogens with one attached hydrogen (secondary N) is 1. The zero-order valence-corrected chi connectivity index (χ0v) is 8.52. The van der Waals surface area contributed by atoms with Crippen LogP contribution in [-0.2, 0) is 0 Å². The highest BCUT2D eigenvalue weighted by molar-refractivity contribution is 6.42. The quantitative estimate of drug-likeness (QED) is 0.327. The number of aliphatic imine (C=N–C) groups is 1. The number of hydrogen-bond acceptors (Lipinski definition) is 2. The molecule has 3 N–H and O–H groups in total. The molecule has 0 spiro atoms. The van der Waals surface area contributed by atoms with E-state index in [1.807, 2.05) is 0 Å². The minimum absolute atomic E-state index is 0.482. The largest absolute Gasteiger partial charge is 0.308 e. The zero-order valence-electron chi connectivity index (χ0n) is 7.01. The van der Waals surface area contributed by atoms with E-state index in [9.17, 15) is 0 Å². The Kier molecular flexibility index (Phi) is 3.54. The van der Waals surface area contributed by atoms with Crippen LogP contribution in [-0.4, -0.2) is 12.9 Å². The van der Waals surface area contributed by atoms with E-state index >= 15 is 0 Å². The lowest BCUT2D eigenvalue weighted by atomic mass is 10.2. The highest BCUT2D eigenvalue weighted by atomic mass is 35.5. The SMILES string of the molecule is CN=C(NN)c1ccc(Cl)c(Cl)c1. The Morgan fingerprint density at radius 2 is 2.08 bits per heavy atom. The van der Waals surface area contributed by atoms with Crippen molar-refractivity contribution in [2.24, 2.45) is 10.8 Å². The lowest BCUT2D eigenvalue weighted by Crippen LogP contribution is -2.30. The van der Waals surface area contributed by atoms with Crippen LogP contribution in [0.15, 0.2) is 23.2 Å². The van der Waals surface area contributed by atoms with Crippen molar-refractivity contribution in [1.29, 1.82) is 0 Å². The number of hydrazine groups is 1. The first kappa shape index (κ1) is 10.3. The summed E-state index contributed by atoms with van der Waals surface area (Å²) in [6.45, 7) is 0. The molecule has 5 heteroatoms. The number of nitrogens with zero attached hydrogens (tertiary/aromatic N) is 1. The summed E-state index contributed by atoms with van der Waals surface area (Å²) in [6, 6.07) is 5.18. The number of benzene rings is 1. The predicted molar refractivity (Wildman–Crippen MR) is 56.2 cm³/mol. The fourth-order valence-electron chi connectivity index (χ4n) is 0.920. The molecule has 0 unspecified atom stereocenters. The van der Waals surface area contributed by atoms with Crippen molar-refractivity contribution < 1.29 is 0 Å². The van der Waals surface area contributed by atoms with Crippen molar-refractivity contribution >= 4 is 29.0 Å². The van der Waals surface area contributed by atoms with E-state index < -0.39 is 0 Å². The summed E-state index contributed by atoms with van der Waals surface area (Å²) in [4.78, 5) is 3.93. The number of nitrogens with two attached hydrogens (primary N) is 1. The maximum absolute atomic E-state index is 5.82. The van der Waals surface area contributed by atoms with Gasteiger partial charge in [0.05, 0.1) is 10.0 Å². The van der Waals surface area contributed by atoms with Crippen molar-refractivity contribution in [1.82, 2.24) is 5.43 Å². The van der Waals surface area contributed by atoms with Crippen LogP contribution in [0.25, 0.3) is 0 Å². The van der Waals surface area contributed by atoms with Crippen LogP contribution in [0.1, 0.15) is 5.56 Å². The number of amidine groups is 1. The van der Waals surface area contributed by atoms with Crippen molar-refractivity contribution in [2.75, 3.05) is 7.05 Å². The van der Waals surface area contributed by atoms with Gasteiger partial charge in [0, 0.05) is 12.6 Å². The Hall–Kier alpha value is -0.770. The molecule has 1 aromatic carbocycles. The van der Waals surface area contributed by atoms with Crippen molar-refractivity contribution in [3.8, 4) is 0 Å². The molecule has 13 heavy (non-hydrogen) atoms. The second kappa shape index (κ2) is 4.46. The van der Waals surface area contributed by atoms with Gasteiger partial charge in [-0.05, 0) is 18.2 Å². The molecule has 0 radical (unpaired) electrons. The van der Waals surface area contributed by atoms with Gasteiger partial charge in [-0.15, -0.1) is 0 Å². The molecule has 1 rings (SSSR count). The standard InChI is InChI=1S/C8H9Cl2N3/c1-12-8(13-11)5-2-3-6(9)7(10)4-5/h2-4H,11H2,1H3,(H,12,13). The molecule has 0 fully saturated rings. The fraction of sp³-hybridized carbons (Fsp3) is 0.125. The number of hydrogen-bond donors (Lipinski definition) is 2. The van der Waals surface area contributed by atoms with Crippen LogP contribution in [0, 0.1) is 0 Å². The Balaban J connectivity index is 3.10. The fourth-order valence-corrected chi connectivity index (χ4v) is 1.22. The lowest BCUT2D eigenvalue weighted by Gasteiger charge is -2.05. The van der Waals surface area contributed by atoms with Gasteiger partial charge in [-0.25, -0.2) is 5.84 Å². The smallest absolute Gasteiger partial charge is 0.142 e. The van der Waals surface area contributed by atoms with Gasteiger partial charge in [0.15, 0.2) is 0 Å². The molecule has 0 saturated heterocycles. The van der Waals surface area contributed by atoms with Crippen molar-refractivity contribution in [3.05, 3.63) is 33.8 Å². The first-order valence-electron chi connectivity index (χ1n) is 3.58. The molecule has 0 aromatic heterocycles. The highest BCUT2D eigenvalue weighted by Crippen LogP contribution is 2.22. The van der Waals surface area contributed by atoms with Crippen molar-refractivity contribution in [2.45, 2.75) is 0 Å². The Morgan fingerprint density at radius 1 is 1.38 bits per heavy atom. The maximum atomic E-state index is 5.82. The molecule has 0 saturated carbocycles. The first-order valence-corrected chi connectivity index (χ1v) is 4.33. The molecule has 0 atom stereocenters. The maximum Gasteiger partial charge on any atom is 0.142 e. The second-order valence-corrected chi connectivity index (χ2v) is 3.16. The van der Waals surface area contributed by atoms with Gasteiger partial charge >= 0.3 is 0 Å². The van der Waals surface area contributed by atoms with Gasteiger partial charge in [0.25, 0.3) is 0 Å². The van der Waals surface area contributed by atoms with Crippen molar-refractivity contribution in [3.63, 3.8) is 0 Å². The van der Waals surface area contributed by atoms with Crippen LogP contribution < -0.4 is 11.3 Å². The van der Waals surface area contributed by atoms with Crippen LogP contribution in [0.4, 0.5) is 0 Å². The molecular weight excluding hydrogens is 209 g/mol. The predicted octanol–water partition coefficient (Wildman–Crippen LogP) is 1.83. The average Bonchev–Trinajstić information content (AvgIpc) is 2.13. The second-order valence-electron chi connectivity index (χ2n) is 2.35. The Morgan fingerprint density at radius 3 is 2.54 bits per heavy atom. The van der Waals surface area contributed by atoms with Crippen LogP contribution in [0.2, 0.25) is 10.0 Å². The van der Waals surface area contributed by atoms with E-state index in [0.29, 0.717) is 15.9 Å². The lowest BCUT2D eigenvalue weighted by molar-refractivity contribution is 1.02. The molecule has 0 amide bonds. The summed E-state index contributed by atoms with van der Waals surface area (Å²) >= 11 is 11.6. The summed E-state index contributed by atoms with van der Waals surface area (Å²) in [5.74, 6) is 5.81. The van der Waals surface area contributed by atoms with Gasteiger partial charge in [0.1, 0.15) is 5.84 Å². The number of halogens is 2. The van der Waals surface area contributed by atoms with Crippen LogP contribution >= 0.6 is 23.2 Å². The molecule has 0 aliphatic heterocycles. The highest BCUT2D eigenvalue weighted by Gasteiger charge is 2.03. The first-order chi connectivity index (χ1) is 6.19. The monoisotopic (exact) mass is 217 g/mol. The molecule has 3 nitrogen and oxygen atoms in total. The van der Waals surface area contributed by atoms with E-state index in [4.69, 9.17) is 29.0 Å². The number of rotatable bonds is 1. The van der Waals surface area contributed by atoms with Gasteiger partial charge in [0.2, 0.25) is 0 Å². The van der Waals surface area contributed by atoms with Gasteiger partial charge < -0.3 is 5.43 Å². The van der Waals surface area contributed by atoms with Crippen LogP contribution in [0.3, 0.4) is 0 Å². The summed E-state index contributed by atoms with van der Waals surface area (Å²) in [7, 11) is 1.64. The van der Waals surface area contributed by atoms with Crippen LogP contribution in [0.5, 0.6) is 0 Å². The summed E-state index contributed by atoms with van der Waals surface area (Å²) in [5.41, 5.74) is 3.27. The average molecular weight is 218 g/mol. The third-order valence-electron chi connectivity index (χ3n) is 1.55. The Labute approximate surface area is 86.5 Å². The molecule has 0 aliphatic rings. The molecule has 1 aromatic rings. The third-order valence-corrected chi connectivity index (χ3v) is 2.29. The minimum Gasteiger partial charge on any atom is -0.308 e. The van der Waals surface area contributed by atoms with E-state index in [0.717, 1.165) is 5.56 Å². The molecule has 0 heterocycles. The minimum atomic E-state index is 0.482. The van der Waals surface area contributed by atoms with Gasteiger partial charge in [-0.2, -0.15) is 0 Å². The third kappa shape index (κ3) is 2.34. The van der Waals surface area contributed by atoms with E-state index in [2.05, 4.69) is 10.4 Å².